The van der Waals surface area contributed by atoms with Gasteiger partial charge in [-0.05, 0) is 37.1 Å². The van der Waals surface area contributed by atoms with Gasteiger partial charge in [-0.25, -0.2) is 0 Å². The topological polar surface area (TPSA) is 102 Å². The SMILES string of the molecule is Nc1c(Cl)cc(NC(=O)c2ccc(N3CCCC3)c([N+](=O)[O-])c2)cc1Cl. The van der Waals surface area contributed by atoms with E-state index >= 15 is 0 Å². The van der Waals surface area contributed by atoms with Crippen LogP contribution in [0.1, 0.15) is 23.2 Å². The highest BCUT2D eigenvalue weighted by molar-refractivity contribution is 6.39. The third-order valence-electron chi connectivity index (χ3n) is 4.22. The smallest absolute Gasteiger partial charge is 0.293 e. The molecule has 1 aliphatic heterocycles. The van der Waals surface area contributed by atoms with Gasteiger partial charge in [-0.2, -0.15) is 0 Å². The van der Waals surface area contributed by atoms with E-state index in [9.17, 15) is 14.9 Å². The number of amides is 1. The van der Waals surface area contributed by atoms with Crippen LogP contribution in [0, 0.1) is 10.1 Å². The van der Waals surface area contributed by atoms with Crippen molar-refractivity contribution in [1.29, 1.82) is 0 Å². The van der Waals surface area contributed by atoms with Crippen LogP contribution in [0.4, 0.5) is 22.7 Å². The maximum absolute atomic E-state index is 12.5. The number of hydrogen-bond donors (Lipinski definition) is 2. The van der Waals surface area contributed by atoms with Gasteiger partial charge in [-0.3, -0.25) is 14.9 Å². The largest absolute Gasteiger partial charge is 0.396 e. The van der Waals surface area contributed by atoms with Crippen LogP contribution in [-0.2, 0) is 0 Å². The second-order valence-electron chi connectivity index (χ2n) is 5.96. The van der Waals surface area contributed by atoms with Crippen molar-refractivity contribution >= 4 is 51.9 Å². The summed E-state index contributed by atoms with van der Waals surface area (Å²) in [6.07, 6.45) is 2.00. The molecule has 1 fully saturated rings. The van der Waals surface area contributed by atoms with Crippen molar-refractivity contribution in [1.82, 2.24) is 0 Å². The molecule has 0 atom stereocenters. The molecule has 3 N–H and O–H groups in total. The van der Waals surface area contributed by atoms with E-state index in [1.165, 1.54) is 18.2 Å². The molecular formula is C17H16Cl2N4O3. The number of nitrogens with zero attached hydrogens (tertiary/aromatic N) is 2. The molecule has 1 amide bonds. The molecular weight excluding hydrogens is 379 g/mol. The molecule has 26 heavy (non-hydrogen) atoms. The Hall–Kier alpha value is -2.51. The lowest BCUT2D eigenvalue weighted by atomic mass is 10.1. The molecule has 7 nitrogen and oxygen atoms in total. The summed E-state index contributed by atoms with van der Waals surface area (Å²) < 4.78 is 0. The number of anilines is 3. The molecule has 0 spiro atoms. The summed E-state index contributed by atoms with van der Waals surface area (Å²) in [7, 11) is 0. The van der Waals surface area contributed by atoms with Gasteiger partial charge in [0.15, 0.2) is 0 Å². The Morgan fingerprint density at radius 1 is 1.15 bits per heavy atom. The summed E-state index contributed by atoms with van der Waals surface area (Å²) >= 11 is 11.9. The van der Waals surface area contributed by atoms with Crippen molar-refractivity contribution in [2.75, 3.05) is 29.0 Å². The molecule has 136 valence electrons. The summed E-state index contributed by atoms with van der Waals surface area (Å²) in [4.78, 5) is 25.4. The van der Waals surface area contributed by atoms with Gasteiger partial charge in [0, 0.05) is 30.4 Å². The zero-order chi connectivity index (χ0) is 18.8. The maximum Gasteiger partial charge on any atom is 0.293 e. The fourth-order valence-electron chi connectivity index (χ4n) is 2.90. The van der Waals surface area contributed by atoms with Crippen LogP contribution in [0.25, 0.3) is 0 Å². The minimum atomic E-state index is -0.502. The molecule has 9 heteroatoms. The van der Waals surface area contributed by atoms with Crippen LogP contribution in [0.3, 0.4) is 0 Å². The predicted molar refractivity (Wildman–Crippen MR) is 103 cm³/mol. The molecule has 0 aromatic heterocycles. The van der Waals surface area contributed by atoms with E-state index in [2.05, 4.69) is 5.32 Å². The van der Waals surface area contributed by atoms with Gasteiger partial charge in [-0.1, -0.05) is 23.2 Å². The number of nitrogen functional groups attached to an aromatic ring is 1. The van der Waals surface area contributed by atoms with Crippen LogP contribution in [0.5, 0.6) is 0 Å². The van der Waals surface area contributed by atoms with E-state index in [1.54, 1.807) is 12.1 Å². The highest BCUT2D eigenvalue weighted by atomic mass is 35.5. The summed E-state index contributed by atoms with van der Waals surface area (Å²) in [5.41, 5.74) is 6.85. The van der Waals surface area contributed by atoms with Gasteiger partial charge in [0.2, 0.25) is 0 Å². The fourth-order valence-corrected chi connectivity index (χ4v) is 3.38. The van der Waals surface area contributed by atoms with Gasteiger partial charge in [0.05, 0.1) is 20.7 Å². The van der Waals surface area contributed by atoms with Crippen LogP contribution in [0.2, 0.25) is 10.0 Å². The molecule has 0 bridgehead atoms. The minimum Gasteiger partial charge on any atom is -0.396 e. The number of nitro groups is 1. The lowest BCUT2D eigenvalue weighted by molar-refractivity contribution is -0.384. The van der Waals surface area contributed by atoms with Gasteiger partial charge in [0.25, 0.3) is 11.6 Å². The first-order valence-corrected chi connectivity index (χ1v) is 8.71. The Labute approximate surface area is 159 Å². The number of hydrogen-bond acceptors (Lipinski definition) is 5. The molecule has 1 saturated heterocycles. The number of nitro benzene ring substituents is 1. The molecule has 0 aliphatic carbocycles. The molecule has 1 heterocycles. The van der Waals surface area contributed by atoms with E-state index < -0.39 is 10.8 Å². The highest BCUT2D eigenvalue weighted by Gasteiger charge is 2.24. The second kappa shape index (κ2) is 7.39. The second-order valence-corrected chi connectivity index (χ2v) is 6.78. The highest BCUT2D eigenvalue weighted by Crippen LogP contribution is 2.33. The third kappa shape index (κ3) is 3.68. The number of carbonyl (C=O) groups is 1. The summed E-state index contributed by atoms with van der Waals surface area (Å²) in [6, 6.07) is 7.39. The van der Waals surface area contributed by atoms with Crippen LogP contribution in [0.15, 0.2) is 30.3 Å². The molecule has 3 rings (SSSR count). The zero-order valence-electron chi connectivity index (χ0n) is 13.7. The monoisotopic (exact) mass is 394 g/mol. The average molecular weight is 395 g/mol. The van der Waals surface area contributed by atoms with E-state index in [0.29, 0.717) is 11.4 Å². The standard InChI is InChI=1S/C17H16Cl2N4O3/c18-12-8-11(9-13(19)16(12)20)21-17(24)10-3-4-14(15(7-10)23(25)26)22-5-1-2-6-22/h3-4,7-9H,1-2,5-6,20H2,(H,21,24). The fraction of sp³-hybridized carbons (Fsp3) is 0.235. The van der Waals surface area contributed by atoms with Gasteiger partial charge < -0.3 is 16.0 Å². The summed E-state index contributed by atoms with van der Waals surface area (Å²) in [5.74, 6) is -0.502. The predicted octanol–water partition coefficient (Wildman–Crippen LogP) is 4.34. The lowest BCUT2D eigenvalue weighted by Gasteiger charge is -2.18. The van der Waals surface area contributed by atoms with E-state index in [1.807, 2.05) is 4.90 Å². The Balaban J connectivity index is 1.87. The molecule has 2 aromatic rings. The van der Waals surface area contributed by atoms with Crippen molar-refractivity contribution in [3.8, 4) is 0 Å². The number of nitrogens with two attached hydrogens (primary N) is 1. The number of benzene rings is 2. The summed E-state index contributed by atoms with van der Waals surface area (Å²) in [6.45, 7) is 1.55. The van der Waals surface area contributed by atoms with Crippen LogP contribution >= 0.6 is 23.2 Å². The first-order valence-electron chi connectivity index (χ1n) is 7.96. The Kier molecular flexibility index (Phi) is 5.20. The number of carbonyl (C=O) groups excluding carboxylic acids is 1. The van der Waals surface area contributed by atoms with Crippen molar-refractivity contribution in [2.45, 2.75) is 12.8 Å². The van der Waals surface area contributed by atoms with Crippen LogP contribution in [-0.4, -0.2) is 23.9 Å². The third-order valence-corrected chi connectivity index (χ3v) is 4.84. The minimum absolute atomic E-state index is 0.0899. The quantitative estimate of drug-likeness (QED) is 0.456. The Morgan fingerprint density at radius 3 is 2.35 bits per heavy atom. The number of halogens is 2. The number of rotatable bonds is 4. The molecule has 0 unspecified atom stereocenters. The van der Waals surface area contributed by atoms with E-state index in [4.69, 9.17) is 28.9 Å². The lowest BCUT2D eigenvalue weighted by Crippen LogP contribution is -2.19. The molecule has 0 radical (unpaired) electrons. The van der Waals surface area contributed by atoms with Crippen LogP contribution < -0.4 is 16.0 Å². The number of nitrogens with one attached hydrogen (secondary N) is 1. The average Bonchev–Trinajstić information content (AvgIpc) is 3.13. The molecule has 0 saturated carbocycles. The van der Waals surface area contributed by atoms with Gasteiger partial charge >= 0.3 is 0 Å². The van der Waals surface area contributed by atoms with E-state index in [-0.39, 0.29) is 27.0 Å². The van der Waals surface area contributed by atoms with Crippen molar-refractivity contribution in [3.63, 3.8) is 0 Å². The van der Waals surface area contributed by atoms with Crippen molar-refractivity contribution in [2.24, 2.45) is 0 Å². The van der Waals surface area contributed by atoms with E-state index in [0.717, 1.165) is 25.9 Å². The van der Waals surface area contributed by atoms with Crippen molar-refractivity contribution in [3.05, 3.63) is 56.1 Å². The Morgan fingerprint density at radius 2 is 1.77 bits per heavy atom. The first-order chi connectivity index (χ1) is 12.4. The molecule has 1 aliphatic rings. The van der Waals surface area contributed by atoms with Crippen molar-refractivity contribution < 1.29 is 9.72 Å². The molecule has 2 aromatic carbocycles. The van der Waals surface area contributed by atoms with Gasteiger partial charge in [0.1, 0.15) is 5.69 Å². The van der Waals surface area contributed by atoms with Gasteiger partial charge in [-0.15, -0.1) is 0 Å². The normalized spacial score (nSPS) is 13.7. The Bertz CT molecular complexity index is 859. The summed E-state index contributed by atoms with van der Waals surface area (Å²) in [5, 5.41) is 14.5. The zero-order valence-corrected chi connectivity index (χ0v) is 15.2. The maximum atomic E-state index is 12.5. The first kappa shape index (κ1) is 18.3.